The quantitative estimate of drug-likeness (QED) is 0.645. The van der Waals surface area contributed by atoms with Crippen LogP contribution in [0.25, 0.3) is 17.2 Å². The predicted octanol–water partition coefficient (Wildman–Crippen LogP) is 1.40. The van der Waals surface area contributed by atoms with Crippen molar-refractivity contribution in [2.24, 2.45) is 0 Å². The van der Waals surface area contributed by atoms with Crippen molar-refractivity contribution in [3.8, 4) is 17.2 Å². The van der Waals surface area contributed by atoms with Crippen molar-refractivity contribution in [3.05, 3.63) is 47.6 Å². The first kappa shape index (κ1) is 18.0. The molecule has 0 atom stereocenters. The Labute approximate surface area is 160 Å². The van der Waals surface area contributed by atoms with Crippen LogP contribution in [-0.2, 0) is 14.8 Å². The van der Waals surface area contributed by atoms with Gasteiger partial charge < -0.3 is 4.74 Å². The molecule has 0 unspecified atom stereocenters. The highest BCUT2D eigenvalue weighted by Gasteiger charge is 2.26. The highest BCUT2D eigenvalue weighted by molar-refractivity contribution is 7.89. The molecule has 3 aromatic rings. The van der Waals surface area contributed by atoms with Gasteiger partial charge in [-0.05, 0) is 29.5 Å². The first-order chi connectivity index (χ1) is 13.1. The molecule has 0 bridgehead atoms. The molecular weight excluding hydrogens is 392 g/mol. The van der Waals surface area contributed by atoms with E-state index in [1.54, 1.807) is 12.1 Å². The van der Waals surface area contributed by atoms with Gasteiger partial charge in [0.25, 0.3) is 0 Å². The molecule has 1 aliphatic heterocycles. The van der Waals surface area contributed by atoms with Gasteiger partial charge in [-0.3, -0.25) is 0 Å². The van der Waals surface area contributed by atoms with Crippen molar-refractivity contribution in [3.63, 3.8) is 0 Å². The van der Waals surface area contributed by atoms with Crippen LogP contribution in [0.15, 0.2) is 47.5 Å². The second kappa shape index (κ2) is 7.31. The Kier molecular flexibility index (Phi) is 4.87. The zero-order valence-corrected chi connectivity index (χ0v) is 15.6. The molecule has 1 fully saturated rings. The summed E-state index contributed by atoms with van der Waals surface area (Å²) in [5.41, 5.74) is 0.650. The fraction of sp³-hybridized carbons (Fsp3) is 0.250. The summed E-state index contributed by atoms with van der Waals surface area (Å²) in [5.74, 6) is 0.703. The molecule has 140 valence electrons. The van der Waals surface area contributed by atoms with E-state index in [9.17, 15) is 8.42 Å². The second-order valence-electron chi connectivity index (χ2n) is 5.75. The van der Waals surface area contributed by atoms with Crippen LogP contribution in [0.1, 0.15) is 0 Å². The maximum absolute atomic E-state index is 12.6. The Morgan fingerprint density at radius 3 is 2.56 bits per heavy atom. The molecule has 2 aromatic heterocycles. The minimum absolute atomic E-state index is 0.111. The SMILES string of the molecule is O=S(=O)(c1ccc(-n2nnc(-c3ccccc3Cl)n2)nc1)N1CCOCC1. The van der Waals surface area contributed by atoms with Crippen molar-refractivity contribution < 1.29 is 13.2 Å². The van der Waals surface area contributed by atoms with E-state index in [1.165, 1.54) is 27.4 Å². The van der Waals surface area contributed by atoms with Crippen LogP contribution in [0.2, 0.25) is 5.02 Å². The third kappa shape index (κ3) is 3.56. The highest BCUT2D eigenvalue weighted by Crippen LogP contribution is 2.24. The van der Waals surface area contributed by atoms with E-state index in [-0.39, 0.29) is 4.90 Å². The van der Waals surface area contributed by atoms with Crippen molar-refractivity contribution >= 4 is 21.6 Å². The fourth-order valence-corrected chi connectivity index (χ4v) is 4.22. The molecule has 0 amide bonds. The van der Waals surface area contributed by atoms with E-state index in [1.807, 2.05) is 12.1 Å². The van der Waals surface area contributed by atoms with Crippen LogP contribution in [0, 0.1) is 0 Å². The topological polar surface area (TPSA) is 103 Å². The Hall–Kier alpha value is -2.40. The minimum Gasteiger partial charge on any atom is -0.379 e. The molecule has 9 nitrogen and oxygen atoms in total. The summed E-state index contributed by atoms with van der Waals surface area (Å²) in [6, 6.07) is 10.2. The number of sulfonamides is 1. The molecule has 3 heterocycles. The number of rotatable bonds is 4. The second-order valence-corrected chi connectivity index (χ2v) is 8.10. The zero-order valence-electron chi connectivity index (χ0n) is 14.1. The number of ether oxygens (including phenoxy) is 1. The largest absolute Gasteiger partial charge is 0.379 e. The van der Waals surface area contributed by atoms with Gasteiger partial charge in [-0.15, -0.1) is 15.0 Å². The smallest absolute Gasteiger partial charge is 0.244 e. The molecule has 27 heavy (non-hydrogen) atoms. The Morgan fingerprint density at radius 2 is 1.85 bits per heavy atom. The number of benzene rings is 1. The van der Waals surface area contributed by atoms with Crippen molar-refractivity contribution in [2.75, 3.05) is 26.3 Å². The standard InChI is InChI=1S/C16H15ClN6O3S/c17-14-4-2-1-3-13(14)16-19-21-23(20-16)15-6-5-12(11-18-15)27(24,25)22-7-9-26-10-8-22/h1-6,11H,7-10H2. The lowest BCUT2D eigenvalue weighted by Crippen LogP contribution is -2.40. The van der Waals surface area contributed by atoms with E-state index in [4.69, 9.17) is 16.3 Å². The van der Waals surface area contributed by atoms with E-state index in [0.717, 1.165) is 0 Å². The van der Waals surface area contributed by atoms with Crippen LogP contribution >= 0.6 is 11.6 Å². The number of hydrogen-bond donors (Lipinski definition) is 0. The molecule has 0 N–H and O–H groups in total. The summed E-state index contributed by atoms with van der Waals surface area (Å²) < 4.78 is 31.8. The van der Waals surface area contributed by atoms with Crippen LogP contribution in [0.4, 0.5) is 0 Å². The lowest BCUT2D eigenvalue weighted by Gasteiger charge is -2.25. The summed E-state index contributed by atoms with van der Waals surface area (Å²) in [4.78, 5) is 5.50. The van der Waals surface area contributed by atoms with Gasteiger partial charge in [0.2, 0.25) is 15.8 Å². The van der Waals surface area contributed by atoms with Gasteiger partial charge in [-0.1, -0.05) is 23.7 Å². The van der Waals surface area contributed by atoms with Gasteiger partial charge in [0.05, 0.1) is 18.2 Å². The van der Waals surface area contributed by atoms with E-state index >= 15 is 0 Å². The normalized spacial score (nSPS) is 15.7. The molecule has 0 radical (unpaired) electrons. The Bertz CT molecular complexity index is 1050. The number of nitrogens with zero attached hydrogens (tertiary/aromatic N) is 6. The van der Waals surface area contributed by atoms with Crippen LogP contribution in [0.5, 0.6) is 0 Å². The third-order valence-electron chi connectivity index (χ3n) is 4.06. The summed E-state index contributed by atoms with van der Waals surface area (Å²) in [5, 5.41) is 12.7. The fourth-order valence-electron chi connectivity index (χ4n) is 2.64. The van der Waals surface area contributed by atoms with Gasteiger partial charge in [-0.25, -0.2) is 13.4 Å². The summed E-state index contributed by atoms with van der Waals surface area (Å²) >= 11 is 6.15. The number of hydrogen-bond acceptors (Lipinski definition) is 7. The minimum atomic E-state index is -3.60. The average molecular weight is 407 g/mol. The van der Waals surface area contributed by atoms with E-state index < -0.39 is 10.0 Å². The molecule has 0 aliphatic carbocycles. The Morgan fingerprint density at radius 1 is 1.07 bits per heavy atom. The van der Waals surface area contributed by atoms with Crippen LogP contribution in [-0.4, -0.2) is 64.2 Å². The Balaban J connectivity index is 1.59. The average Bonchev–Trinajstić information content (AvgIpc) is 3.19. The molecular formula is C16H15ClN6O3S. The van der Waals surface area contributed by atoms with Gasteiger partial charge in [0.15, 0.2) is 5.82 Å². The van der Waals surface area contributed by atoms with Gasteiger partial charge in [0.1, 0.15) is 4.90 Å². The molecule has 0 saturated carbocycles. The maximum Gasteiger partial charge on any atom is 0.244 e. The van der Waals surface area contributed by atoms with Crippen molar-refractivity contribution in [2.45, 2.75) is 4.90 Å². The molecule has 4 rings (SSSR count). The molecule has 0 spiro atoms. The monoisotopic (exact) mass is 406 g/mol. The lowest BCUT2D eigenvalue weighted by atomic mass is 10.2. The van der Waals surface area contributed by atoms with E-state index in [0.29, 0.717) is 48.5 Å². The number of tetrazole rings is 1. The first-order valence-electron chi connectivity index (χ1n) is 8.15. The summed E-state index contributed by atoms with van der Waals surface area (Å²) in [7, 11) is -3.60. The molecule has 1 aromatic carbocycles. The van der Waals surface area contributed by atoms with Crippen molar-refractivity contribution in [1.82, 2.24) is 29.5 Å². The third-order valence-corrected chi connectivity index (χ3v) is 6.27. The molecule has 1 aliphatic rings. The highest BCUT2D eigenvalue weighted by atomic mass is 35.5. The molecule has 1 saturated heterocycles. The summed E-state index contributed by atoms with van der Waals surface area (Å²) in [6.45, 7) is 1.43. The predicted molar refractivity (Wildman–Crippen MR) is 97.0 cm³/mol. The number of halogens is 1. The van der Waals surface area contributed by atoms with Crippen LogP contribution in [0.3, 0.4) is 0 Å². The number of aromatic nitrogens is 5. The number of pyridine rings is 1. The maximum atomic E-state index is 12.6. The van der Waals surface area contributed by atoms with Gasteiger partial charge in [0, 0.05) is 24.8 Å². The van der Waals surface area contributed by atoms with Crippen LogP contribution < -0.4 is 0 Å². The van der Waals surface area contributed by atoms with Gasteiger partial charge >= 0.3 is 0 Å². The first-order valence-corrected chi connectivity index (χ1v) is 9.97. The molecule has 11 heteroatoms. The zero-order chi connectivity index (χ0) is 18.9. The number of morpholine rings is 1. The lowest BCUT2D eigenvalue weighted by molar-refractivity contribution is 0.0730. The summed E-state index contributed by atoms with van der Waals surface area (Å²) in [6.07, 6.45) is 1.29. The van der Waals surface area contributed by atoms with E-state index in [2.05, 4.69) is 20.4 Å². The van der Waals surface area contributed by atoms with Crippen molar-refractivity contribution in [1.29, 1.82) is 0 Å². The van der Waals surface area contributed by atoms with Gasteiger partial charge in [-0.2, -0.15) is 4.31 Å².